The number of rotatable bonds is 61. The van der Waals surface area contributed by atoms with Gasteiger partial charge in [0.2, 0.25) is 5.91 Å². The van der Waals surface area contributed by atoms with Gasteiger partial charge in [-0.2, -0.15) is 0 Å². The van der Waals surface area contributed by atoms with Crippen molar-refractivity contribution in [3.63, 3.8) is 0 Å². The summed E-state index contributed by atoms with van der Waals surface area (Å²) in [6.45, 7) is 4.08. The van der Waals surface area contributed by atoms with Crippen LogP contribution in [0.25, 0.3) is 0 Å². The molecule has 4 atom stereocenters. The lowest BCUT2D eigenvalue weighted by Gasteiger charge is -2.27. The number of allylic oxidation sites excluding steroid dienone is 6. The summed E-state index contributed by atoms with van der Waals surface area (Å²) < 4.78 is 0. The third kappa shape index (κ3) is 55.1. The highest BCUT2D eigenvalue weighted by Crippen LogP contribution is 2.19. The third-order valence-electron chi connectivity index (χ3n) is 15.6. The Morgan fingerprint density at radius 1 is 0.329 bits per heavy atom. The topological polar surface area (TPSA) is 110 Å². The molecular formula is C67H129NO5. The SMILES string of the molecule is CCCCCCCCCCCC/C=C/CC/C=C/CC/C=C/CCCC(O)C(O)C(CO)NC(=O)C(O)CCCCCCCCCCCCCCCCCCCCCCCCCCCCCCCCCCCC. The second kappa shape index (κ2) is 61.4. The Hall–Kier alpha value is -1.47. The largest absolute Gasteiger partial charge is 0.394 e. The number of amides is 1. The molecule has 432 valence electrons. The van der Waals surface area contributed by atoms with Crippen molar-refractivity contribution in [1.82, 2.24) is 5.32 Å². The summed E-state index contributed by atoms with van der Waals surface area (Å²) in [5.41, 5.74) is 0. The molecule has 0 heterocycles. The van der Waals surface area contributed by atoms with E-state index in [1.54, 1.807) is 0 Å². The van der Waals surface area contributed by atoms with E-state index in [4.69, 9.17) is 0 Å². The number of nitrogens with one attached hydrogen (secondary N) is 1. The molecule has 0 spiro atoms. The number of hydrogen-bond donors (Lipinski definition) is 5. The van der Waals surface area contributed by atoms with Crippen LogP contribution in [-0.2, 0) is 4.79 Å². The van der Waals surface area contributed by atoms with Crippen molar-refractivity contribution in [3.05, 3.63) is 36.5 Å². The van der Waals surface area contributed by atoms with Gasteiger partial charge in [0.15, 0.2) is 0 Å². The zero-order valence-electron chi connectivity index (χ0n) is 49.2. The van der Waals surface area contributed by atoms with Gasteiger partial charge in [0, 0.05) is 0 Å². The highest BCUT2D eigenvalue weighted by atomic mass is 16.3. The van der Waals surface area contributed by atoms with Crippen LogP contribution in [0, 0.1) is 0 Å². The minimum atomic E-state index is -1.29. The lowest BCUT2D eigenvalue weighted by atomic mass is 10.00. The fourth-order valence-electron chi connectivity index (χ4n) is 10.4. The van der Waals surface area contributed by atoms with Gasteiger partial charge in [-0.05, 0) is 64.2 Å². The maximum atomic E-state index is 12.6. The van der Waals surface area contributed by atoms with Gasteiger partial charge in [0.25, 0.3) is 0 Å². The molecule has 0 aromatic heterocycles. The van der Waals surface area contributed by atoms with Gasteiger partial charge < -0.3 is 25.7 Å². The number of unbranched alkanes of at least 4 members (excludes halogenated alkanes) is 46. The standard InChI is InChI=1S/C67H129NO5/c1-3-5-7-9-11-13-15-17-19-21-23-25-27-28-29-30-31-32-33-34-35-36-37-39-41-43-45-47-49-51-53-55-57-59-61-65(71)67(73)68-63(62-69)66(72)64(70)60-58-56-54-52-50-48-46-44-42-40-38-26-24-22-20-18-16-14-12-10-8-6-4-2/h26,38,44,46,52,54,63-66,69-72H,3-25,27-37,39-43,45,47-51,53,55-62H2,1-2H3,(H,68,73)/b38-26+,46-44+,54-52+. The summed E-state index contributed by atoms with van der Waals surface area (Å²) in [5.74, 6) is -0.593. The molecule has 6 nitrogen and oxygen atoms in total. The average Bonchev–Trinajstić information content (AvgIpc) is 3.40. The molecule has 0 saturated carbocycles. The van der Waals surface area contributed by atoms with E-state index in [-0.39, 0.29) is 0 Å². The molecule has 0 aromatic carbocycles. The summed E-state index contributed by atoms with van der Waals surface area (Å²) in [6.07, 6.45) is 78.3. The first-order valence-electron chi connectivity index (χ1n) is 32.9. The van der Waals surface area contributed by atoms with Gasteiger partial charge in [-0.25, -0.2) is 0 Å². The molecule has 73 heavy (non-hydrogen) atoms. The molecule has 4 unspecified atom stereocenters. The molecule has 0 aliphatic carbocycles. The number of carbonyl (C=O) groups excluding carboxylic acids is 1. The van der Waals surface area contributed by atoms with E-state index in [0.717, 1.165) is 51.4 Å². The quantitative estimate of drug-likeness (QED) is 0.0308. The number of aliphatic hydroxyl groups is 4. The summed E-state index contributed by atoms with van der Waals surface area (Å²) in [4.78, 5) is 12.6. The van der Waals surface area contributed by atoms with Crippen LogP contribution in [0.5, 0.6) is 0 Å². The first-order valence-corrected chi connectivity index (χ1v) is 32.9. The second-order valence-electron chi connectivity index (χ2n) is 22.8. The Labute approximate surface area is 456 Å². The minimum absolute atomic E-state index is 0.362. The summed E-state index contributed by atoms with van der Waals surface area (Å²) in [7, 11) is 0. The molecule has 6 heteroatoms. The van der Waals surface area contributed by atoms with E-state index in [1.807, 2.05) is 0 Å². The molecule has 0 radical (unpaired) electrons. The van der Waals surface area contributed by atoms with Crippen molar-refractivity contribution in [2.45, 2.75) is 379 Å². The fourth-order valence-corrected chi connectivity index (χ4v) is 10.4. The van der Waals surface area contributed by atoms with Gasteiger partial charge in [0.05, 0.1) is 18.8 Å². The highest BCUT2D eigenvalue weighted by Gasteiger charge is 2.28. The maximum absolute atomic E-state index is 12.6. The zero-order chi connectivity index (χ0) is 53.0. The molecule has 0 bridgehead atoms. The molecule has 0 aliphatic rings. The van der Waals surface area contributed by atoms with E-state index < -0.39 is 36.9 Å². The summed E-state index contributed by atoms with van der Waals surface area (Å²) in [6, 6.07) is -1.01. The van der Waals surface area contributed by atoms with Crippen LogP contribution in [0.1, 0.15) is 354 Å². The van der Waals surface area contributed by atoms with E-state index in [9.17, 15) is 25.2 Å². The van der Waals surface area contributed by atoms with Crippen molar-refractivity contribution in [3.8, 4) is 0 Å². The summed E-state index contributed by atoms with van der Waals surface area (Å²) in [5, 5.41) is 44.1. The zero-order valence-corrected chi connectivity index (χ0v) is 49.2. The van der Waals surface area contributed by atoms with Gasteiger partial charge >= 0.3 is 0 Å². The number of hydrogen-bond acceptors (Lipinski definition) is 5. The fraction of sp³-hybridized carbons (Fsp3) is 0.896. The lowest BCUT2D eigenvalue weighted by molar-refractivity contribution is -0.132. The Morgan fingerprint density at radius 3 is 0.863 bits per heavy atom. The van der Waals surface area contributed by atoms with E-state index in [2.05, 4.69) is 55.6 Å². The van der Waals surface area contributed by atoms with E-state index >= 15 is 0 Å². The number of aliphatic hydroxyl groups excluding tert-OH is 4. The number of carbonyl (C=O) groups is 1. The first kappa shape index (κ1) is 71.5. The predicted octanol–water partition coefficient (Wildman–Crippen LogP) is 19.9. The molecule has 1 amide bonds. The molecule has 0 aliphatic heterocycles. The predicted molar refractivity (Wildman–Crippen MR) is 321 cm³/mol. The van der Waals surface area contributed by atoms with E-state index in [1.165, 1.54) is 270 Å². The first-order chi connectivity index (χ1) is 36.0. The molecule has 0 aromatic rings. The van der Waals surface area contributed by atoms with E-state index in [0.29, 0.717) is 19.3 Å². The summed E-state index contributed by atoms with van der Waals surface area (Å²) >= 11 is 0. The minimum Gasteiger partial charge on any atom is -0.394 e. The Kier molecular flexibility index (Phi) is 60.1. The smallest absolute Gasteiger partial charge is 0.249 e. The average molecular weight is 1030 g/mol. The molecule has 5 N–H and O–H groups in total. The van der Waals surface area contributed by atoms with Gasteiger partial charge in [-0.3, -0.25) is 4.79 Å². The van der Waals surface area contributed by atoms with Crippen LogP contribution >= 0.6 is 0 Å². The Balaban J connectivity index is 3.58. The van der Waals surface area contributed by atoms with Crippen LogP contribution in [0.2, 0.25) is 0 Å². The molecular weight excluding hydrogens is 899 g/mol. The normalized spacial score (nSPS) is 13.8. The van der Waals surface area contributed by atoms with Crippen LogP contribution < -0.4 is 5.32 Å². The molecule has 0 rings (SSSR count). The van der Waals surface area contributed by atoms with Crippen molar-refractivity contribution in [2.24, 2.45) is 0 Å². The Bertz CT molecular complexity index is 1150. The lowest BCUT2D eigenvalue weighted by Crippen LogP contribution is -2.53. The maximum Gasteiger partial charge on any atom is 0.249 e. The third-order valence-corrected chi connectivity index (χ3v) is 15.6. The van der Waals surface area contributed by atoms with Gasteiger partial charge in [-0.15, -0.1) is 0 Å². The Morgan fingerprint density at radius 2 is 0.575 bits per heavy atom. The van der Waals surface area contributed by atoms with Crippen molar-refractivity contribution < 1.29 is 25.2 Å². The van der Waals surface area contributed by atoms with Crippen LogP contribution in [0.4, 0.5) is 0 Å². The highest BCUT2D eigenvalue weighted by molar-refractivity contribution is 5.80. The van der Waals surface area contributed by atoms with Crippen molar-refractivity contribution >= 4 is 5.91 Å². The van der Waals surface area contributed by atoms with Gasteiger partial charge in [0.1, 0.15) is 12.2 Å². The monoisotopic (exact) mass is 1030 g/mol. The van der Waals surface area contributed by atoms with Crippen LogP contribution in [0.15, 0.2) is 36.5 Å². The molecule has 0 fully saturated rings. The van der Waals surface area contributed by atoms with Crippen molar-refractivity contribution in [2.75, 3.05) is 6.61 Å². The molecule has 0 saturated heterocycles. The second-order valence-corrected chi connectivity index (χ2v) is 22.8. The van der Waals surface area contributed by atoms with Crippen molar-refractivity contribution in [1.29, 1.82) is 0 Å². The van der Waals surface area contributed by atoms with Gasteiger partial charge in [-0.1, -0.05) is 326 Å². The van der Waals surface area contributed by atoms with Crippen LogP contribution in [-0.4, -0.2) is 57.3 Å². The van der Waals surface area contributed by atoms with Crippen LogP contribution in [0.3, 0.4) is 0 Å².